The van der Waals surface area contributed by atoms with Gasteiger partial charge >= 0.3 is 0 Å². The van der Waals surface area contributed by atoms with Crippen LogP contribution in [0.2, 0.25) is 0 Å². The van der Waals surface area contributed by atoms with E-state index in [2.05, 4.69) is 64.2 Å². The molecule has 49 heavy (non-hydrogen) atoms. The molecule has 0 aliphatic carbocycles. The fourth-order valence-electron chi connectivity index (χ4n) is 5.84. The number of nitrogens with zero attached hydrogens (tertiary/aromatic N) is 2. The summed E-state index contributed by atoms with van der Waals surface area (Å²) in [6, 6.07) is 0. The van der Waals surface area contributed by atoms with Gasteiger partial charge in [-0.25, -0.2) is 4.31 Å². The summed E-state index contributed by atoms with van der Waals surface area (Å²) < 4.78 is 31.0. The molecule has 0 spiro atoms. The van der Waals surface area contributed by atoms with Crippen molar-refractivity contribution in [1.29, 1.82) is 0 Å². The van der Waals surface area contributed by atoms with Gasteiger partial charge in [-0.2, -0.15) is 0 Å². The minimum Gasteiger partial charge on any atom is -0.756 e. The lowest BCUT2D eigenvalue weighted by Gasteiger charge is -2.39. The molecule has 0 aromatic heterocycles. The van der Waals surface area contributed by atoms with E-state index in [0.717, 1.165) is 0 Å². The zero-order valence-corrected chi connectivity index (χ0v) is 35.4. The fraction of sp³-hybridized carbons (Fsp3) is 0.946. The lowest BCUT2D eigenvalue weighted by Crippen LogP contribution is -2.50. The van der Waals surface area contributed by atoms with Crippen molar-refractivity contribution in [1.82, 2.24) is 0 Å². The quantitative estimate of drug-likeness (QED) is 0.0423. The summed E-state index contributed by atoms with van der Waals surface area (Å²) >= 11 is 0. The zero-order chi connectivity index (χ0) is 38.1. The third kappa shape index (κ3) is 33.5. The highest BCUT2D eigenvalue weighted by Gasteiger charge is 2.26. The molecule has 0 aliphatic heterocycles. The van der Waals surface area contributed by atoms with Gasteiger partial charge < -0.3 is 33.3 Å². The van der Waals surface area contributed by atoms with Gasteiger partial charge in [-0.1, -0.05) is 113 Å². The Balaban J connectivity index is -0.000000649. The molecular weight excluding hydrogens is 662 g/mol. The number of rotatable bonds is 30. The molecule has 0 bridgehead atoms. The Morgan fingerprint density at radius 3 is 1.00 bits per heavy atom. The average molecular weight is 745 g/mol. The van der Waals surface area contributed by atoms with Crippen molar-refractivity contribution in [3.63, 3.8) is 0 Å². The van der Waals surface area contributed by atoms with E-state index in [9.17, 15) is 18.9 Å². The second-order valence-corrected chi connectivity index (χ2v) is 16.5. The molecule has 0 saturated heterocycles. The minimum atomic E-state index is -5.38. The molecule has 0 aromatic carbocycles. The third-order valence-electron chi connectivity index (χ3n) is 8.98. The third-order valence-corrected chi connectivity index (χ3v) is 11.1. The Kier molecular flexibility index (Phi) is 36.6. The van der Waals surface area contributed by atoms with Crippen molar-refractivity contribution in [2.45, 2.75) is 165 Å². The maximum absolute atomic E-state index is 10.7. The van der Waals surface area contributed by atoms with Gasteiger partial charge in [0.15, 0.2) is 0 Å². The van der Waals surface area contributed by atoms with E-state index in [1.54, 1.807) is 0 Å². The van der Waals surface area contributed by atoms with Crippen molar-refractivity contribution in [3.05, 3.63) is 11.6 Å². The molecule has 0 fully saturated rings. The summed E-state index contributed by atoms with van der Waals surface area (Å²) in [6.45, 7) is 30.7. The summed E-state index contributed by atoms with van der Waals surface area (Å²) in [5.74, 6) is 0. The smallest absolute Gasteiger partial charge is 0.274 e. The summed E-state index contributed by atoms with van der Waals surface area (Å²) in [6.07, 6.45) is 23.4. The predicted octanol–water partition coefficient (Wildman–Crippen LogP) is 8.89. The molecular formula is C37H82N2O8P2. The van der Waals surface area contributed by atoms with Gasteiger partial charge in [-0.3, -0.25) is 9.13 Å². The van der Waals surface area contributed by atoms with Crippen molar-refractivity contribution in [2.75, 3.05) is 65.6 Å². The van der Waals surface area contributed by atoms with Crippen molar-refractivity contribution < 1.29 is 46.7 Å². The number of hydrogen-bond acceptors (Lipinski definition) is 7. The van der Waals surface area contributed by atoms with Crippen LogP contribution in [-0.4, -0.2) is 84.5 Å². The molecule has 0 radical (unpaired) electrons. The number of aliphatic hydroxyl groups is 1. The second kappa shape index (κ2) is 33.7. The normalized spacial score (nSPS) is 14.7. The summed E-state index contributed by atoms with van der Waals surface area (Å²) in [5, 5.41) is 8.41. The van der Waals surface area contributed by atoms with Gasteiger partial charge in [0.1, 0.15) is 0 Å². The largest absolute Gasteiger partial charge is 0.756 e. The molecule has 2 unspecified atom stereocenters. The molecule has 0 rings (SSSR count). The van der Waals surface area contributed by atoms with Crippen LogP contribution < -0.4 is 9.79 Å². The Labute approximate surface area is 304 Å². The van der Waals surface area contributed by atoms with Crippen LogP contribution in [-0.2, 0) is 18.0 Å². The highest BCUT2D eigenvalue weighted by Crippen LogP contribution is 2.52. The van der Waals surface area contributed by atoms with E-state index in [1.165, 1.54) is 177 Å². The van der Waals surface area contributed by atoms with E-state index >= 15 is 0 Å². The van der Waals surface area contributed by atoms with Crippen molar-refractivity contribution >= 4 is 15.6 Å². The number of quaternary nitrogens is 2. The van der Waals surface area contributed by atoms with E-state index < -0.39 is 22.3 Å². The maximum atomic E-state index is 10.7. The Bertz CT molecular complexity index is 743. The Morgan fingerprint density at radius 2 is 0.816 bits per heavy atom. The van der Waals surface area contributed by atoms with Crippen LogP contribution in [0.3, 0.4) is 0 Å². The lowest BCUT2D eigenvalue weighted by atomic mass is 10.1. The number of phosphoric ester groups is 1. The summed E-state index contributed by atoms with van der Waals surface area (Å²) in [4.78, 5) is 28.9. The maximum Gasteiger partial charge on any atom is 0.274 e. The molecule has 0 aromatic rings. The molecule has 0 saturated carbocycles. The molecule has 0 aliphatic rings. The van der Waals surface area contributed by atoms with Crippen LogP contribution in [0.25, 0.3) is 0 Å². The average Bonchev–Trinajstić information content (AvgIpc) is 3.06. The van der Waals surface area contributed by atoms with E-state index in [-0.39, 0.29) is 6.61 Å². The lowest BCUT2D eigenvalue weighted by molar-refractivity contribution is -0.929. The summed E-state index contributed by atoms with van der Waals surface area (Å²) in [5.41, 5.74) is 0.357. The molecule has 0 amide bonds. The highest BCUT2D eigenvalue weighted by atomic mass is 31.3. The van der Waals surface area contributed by atoms with Crippen LogP contribution in [0.1, 0.15) is 165 Å². The van der Waals surface area contributed by atoms with Crippen LogP contribution in [0.5, 0.6) is 0 Å². The Hall–Kier alpha value is -0.120. The van der Waals surface area contributed by atoms with Gasteiger partial charge in [0.25, 0.3) is 15.6 Å². The molecule has 10 nitrogen and oxygen atoms in total. The van der Waals surface area contributed by atoms with E-state index in [4.69, 9.17) is 10.00 Å². The Morgan fingerprint density at radius 1 is 0.571 bits per heavy atom. The summed E-state index contributed by atoms with van der Waals surface area (Å²) in [7, 11) is -10.5. The highest BCUT2D eigenvalue weighted by molar-refractivity contribution is 7.59. The first-order valence-electron chi connectivity index (χ1n) is 19.8. The fourth-order valence-corrected chi connectivity index (χ4v) is 7.40. The first-order valence-corrected chi connectivity index (χ1v) is 22.8. The zero-order valence-electron chi connectivity index (χ0n) is 33.6. The topological polar surface area (TPSA) is 139 Å². The van der Waals surface area contributed by atoms with Gasteiger partial charge in [-0.15, -0.1) is 0 Å². The monoisotopic (exact) mass is 745 g/mol. The molecule has 2 atom stereocenters. The molecule has 12 heteroatoms. The number of aliphatic hydroxyl groups excluding tert-OH is 1. The number of unbranched alkanes of at least 4 members (excludes halogenated alkanes) is 8. The van der Waals surface area contributed by atoms with E-state index in [1.807, 2.05) is 0 Å². The first-order chi connectivity index (χ1) is 23.1. The first kappa shape index (κ1) is 53.2. The van der Waals surface area contributed by atoms with Crippen LogP contribution in [0.4, 0.5) is 0 Å². The predicted molar refractivity (Wildman–Crippen MR) is 204 cm³/mol. The van der Waals surface area contributed by atoms with Crippen LogP contribution in [0.15, 0.2) is 11.6 Å². The van der Waals surface area contributed by atoms with Gasteiger partial charge in [0.05, 0.1) is 65.6 Å². The van der Waals surface area contributed by atoms with Gasteiger partial charge in [0.2, 0.25) is 0 Å². The second-order valence-electron chi connectivity index (χ2n) is 13.8. The van der Waals surface area contributed by atoms with Gasteiger partial charge in [-0.05, 0) is 63.9 Å². The number of hydrogen-bond donors (Lipinski definition) is 2. The van der Waals surface area contributed by atoms with Crippen molar-refractivity contribution in [3.8, 4) is 0 Å². The van der Waals surface area contributed by atoms with Crippen LogP contribution >= 0.6 is 15.6 Å². The minimum absolute atomic E-state index is 0.306. The van der Waals surface area contributed by atoms with Crippen molar-refractivity contribution in [2.24, 2.45) is 0 Å². The standard InChI is InChI=1S/2C16H36N.C5H12O8P2/c2*1-5-9-13-17(14-10-6-2,15-11-7-3)16-12-8-4;1-5(2-3-6)4-12-15(10,11)13-14(7,8)9/h2*5-16H2,1-4H3;2,6H,3-4H2,1H3,(H,10,11)(H2,7,8,9)/q2*+1;/p-2/b;;5-2-. The molecule has 2 N–H and O–H groups in total. The SMILES string of the molecule is C/C(=C/CO)COP(=O)([O-])OP(=O)([O-])O.CCCC[N+](CCCC)(CCCC)CCCC.CCCC[N+](CCCC)(CCCC)CCCC. The van der Waals surface area contributed by atoms with Crippen LogP contribution in [0, 0.1) is 0 Å². The molecule has 0 heterocycles. The molecule has 298 valence electrons. The van der Waals surface area contributed by atoms with E-state index in [0.29, 0.717) is 5.57 Å². The number of phosphoric acid groups is 2. The van der Waals surface area contributed by atoms with Gasteiger partial charge in [0, 0.05) is 0 Å².